The first-order chi connectivity index (χ1) is 9.99. The highest BCUT2D eigenvalue weighted by molar-refractivity contribution is 9.10. The van der Waals surface area contributed by atoms with Crippen molar-refractivity contribution in [3.05, 3.63) is 56.9 Å². The van der Waals surface area contributed by atoms with Gasteiger partial charge in [0.2, 0.25) is 0 Å². The molecule has 0 N–H and O–H groups in total. The highest BCUT2D eigenvalue weighted by atomic mass is 79.9. The van der Waals surface area contributed by atoms with E-state index in [2.05, 4.69) is 25.9 Å². The molecule has 21 heavy (non-hydrogen) atoms. The lowest BCUT2D eigenvalue weighted by Crippen LogP contribution is -1.98. The van der Waals surface area contributed by atoms with Gasteiger partial charge in [0.1, 0.15) is 16.5 Å². The molecule has 0 aliphatic rings. The van der Waals surface area contributed by atoms with Gasteiger partial charge in [0, 0.05) is 10.0 Å². The van der Waals surface area contributed by atoms with E-state index >= 15 is 0 Å². The van der Waals surface area contributed by atoms with Crippen LogP contribution in [0.1, 0.15) is 11.1 Å². The largest absolute Gasteiger partial charge is 0.225 e. The maximum absolute atomic E-state index is 14.1. The van der Waals surface area contributed by atoms with Gasteiger partial charge in [-0.05, 0) is 53.0 Å². The van der Waals surface area contributed by atoms with Crippen LogP contribution >= 0.6 is 27.5 Å². The van der Waals surface area contributed by atoms with Crippen LogP contribution in [-0.2, 0) is 0 Å². The van der Waals surface area contributed by atoms with Crippen molar-refractivity contribution in [1.82, 2.24) is 9.97 Å². The molecule has 0 fully saturated rings. The van der Waals surface area contributed by atoms with Crippen LogP contribution < -0.4 is 0 Å². The van der Waals surface area contributed by atoms with Crippen LogP contribution in [-0.4, -0.2) is 9.97 Å². The molecule has 3 aromatic rings. The number of aromatic nitrogens is 2. The maximum atomic E-state index is 14.1. The van der Waals surface area contributed by atoms with Crippen LogP contribution in [0, 0.1) is 19.7 Å². The zero-order chi connectivity index (χ0) is 15.1. The van der Waals surface area contributed by atoms with E-state index in [9.17, 15) is 4.39 Å². The first-order valence-corrected chi connectivity index (χ1v) is 7.54. The van der Waals surface area contributed by atoms with Crippen molar-refractivity contribution in [3.8, 4) is 11.4 Å². The summed E-state index contributed by atoms with van der Waals surface area (Å²) in [5, 5.41) is 0.732. The molecule has 0 saturated heterocycles. The number of aryl methyl sites for hydroxylation is 2. The molecule has 2 aromatic carbocycles. The molecule has 0 unspecified atom stereocenters. The third-order valence-electron chi connectivity index (χ3n) is 3.41. The molecule has 3 rings (SSSR count). The lowest BCUT2D eigenvalue weighted by atomic mass is 10.0. The van der Waals surface area contributed by atoms with Crippen LogP contribution in [0.25, 0.3) is 22.3 Å². The third kappa shape index (κ3) is 2.43. The van der Waals surface area contributed by atoms with Crippen molar-refractivity contribution in [2.24, 2.45) is 0 Å². The number of halogens is 3. The molecule has 0 atom stereocenters. The fraction of sp³-hybridized carbons (Fsp3) is 0.125. The number of hydrogen-bond donors (Lipinski definition) is 0. The van der Waals surface area contributed by atoms with Crippen LogP contribution in [0.15, 0.2) is 34.8 Å². The molecule has 0 radical (unpaired) electrons. The molecular weight excluding hydrogens is 355 g/mol. The van der Waals surface area contributed by atoms with Crippen molar-refractivity contribution < 1.29 is 4.39 Å². The topological polar surface area (TPSA) is 25.8 Å². The summed E-state index contributed by atoms with van der Waals surface area (Å²) in [6, 6.07) is 8.88. The Bertz CT molecular complexity index is 844. The number of hydrogen-bond acceptors (Lipinski definition) is 2. The Labute approximate surface area is 135 Å². The second kappa shape index (κ2) is 5.35. The minimum Gasteiger partial charge on any atom is -0.225 e. The standard InChI is InChI=1S/C16H11BrClFN2/c1-8-4-3-5-9(2)12(8)16-20-14-11(19)7-6-10(17)13(14)15(18)21-16/h3-7H,1-2H3. The van der Waals surface area contributed by atoms with Crippen LogP contribution in [0.2, 0.25) is 5.15 Å². The summed E-state index contributed by atoms with van der Waals surface area (Å²) in [5.41, 5.74) is 3.17. The van der Waals surface area contributed by atoms with E-state index in [0.29, 0.717) is 15.7 Å². The molecule has 0 aliphatic heterocycles. The average Bonchev–Trinajstić information content (AvgIpc) is 2.42. The number of rotatable bonds is 1. The molecule has 1 heterocycles. The average molecular weight is 366 g/mol. The molecule has 0 saturated carbocycles. The van der Waals surface area contributed by atoms with Crippen molar-refractivity contribution >= 4 is 38.4 Å². The Balaban J connectivity index is 2.39. The molecule has 1 aromatic heterocycles. The second-order valence-corrected chi connectivity index (χ2v) is 6.07. The van der Waals surface area contributed by atoms with Gasteiger partial charge in [0.05, 0.1) is 5.39 Å². The predicted molar refractivity (Wildman–Crippen MR) is 87.1 cm³/mol. The highest BCUT2D eigenvalue weighted by Gasteiger charge is 2.16. The van der Waals surface area contributed by atoms with Crippen LogP contribution in [0.4, 0.5) is 4.39 Å². The summed E-state index contributed by atoms with van der Waals surface area (Å²) >= 11 is 9.61. The Kier molecular flexibility index (Phi) is 3.68. The Morgan fingerprint density at radius 2 is 1.71 bits per heavy atom. The molecule has 0 aliphatic carbocycles. The molecule has 106 valence electrons. The zero-order valence-electron chi connectivity index (χ0n) is 11.4. The van der Waals surface area contributed by atoms with Gasteiger partial charge in [-0.2, -0.15) is 0 Å². The zero-order valence-corrected chi connectivity index (χ0v) is 13.8. The number of benzene rings is 2. The molecule has 2 nitrogen and oxygen atoms in total. The lowest BCUT2D eigenvalue weighted by molar-refractivity contribution is 0.636. The molecule has 0 bridgehead atoms. The minimum atomic E-state index is -0.412. The summed E-state index contributed by atoms with van der Waals surface area (Å²) in [5.74, 6) is 0.0325. The smallest absolute Gasteiger partial charge is 0.162 e. The quantitative estimate of drug-likeness (QED) is 0.534. The summed E-state index contributed by atoms with van der Waals surface area (Å²) < 4.78 is 14.8. The molecule has 5 heteroatoms. The van der Waals surface area contributed by atoms with Gasteiger partial charge in [-0.1, -0.05) is 29.8 Å². The van der Waals surface area contributed by atoms with E-state index in [1.807, 2.05) is 32.0 Å². The summed E-state index contributed by atoms with van der Waals surface area (Å²) in [7, 11) is 0. The van der Waals surface area contributed by atoms with Gasteiger partial charge in [0.15, 0.2) is 5.82 Å². The Morgan fingerprint density at radius 3 is 2.38 bits per heavy atom. The molecular formula is C16H11BrClFN2. The van der Waals surface area contributed by atoms with E-state index in [0.717, 1.165) is 16.7 Å². The molecule has 0 spiro atoms. The van der Waals surface area contributed by atoms with Crippen molar-refractivity contribution in [2.75, 3.05) is 0 Å². The fourth-order valence-electron chi connectivity index (χ4n) is 2.41. The summed E-state index contributed by atoms with van der Waals surface area (Å²) in [6.45, 7) is 3.95. The van der Waals surface area contributed by atoms with E-state index in [4.69, 9.17) is 11.6 Å². The Morgan fingerprint density at radius 1 is 1.05 bits per heavy atom. The SMILES string of the molecule is Cc1cccc(C)c1-c1nc(Cl)c2c(Br)ccc(F)c2n1. The maximum Gasteiger partial charge on any atom is 0.162 e. The minimum absolute atomic E-state index is 0.224. The van der Waals surface area contributed by atoms with E-state index < -0.39 is 5.82 Å². The van der Waals surface area contributed by atoms with Gasteiger partial charge in [0.25, 0.3) is 0 Å². The van der Waals surface area contributed by atoms with E-state index in [1.54, 1.807) is 6.07 Å². The van der Waals surface area contributed by atoms with Crippen LogP contribution in [0.3, 0.4) is 0 Å². The third-order valence-corrected chi connectivity index (χ3v) is 4.34. The predicted octanol–water partition coefficient (Wildman–Crippen LogP) is 5.47. The fourth-order valence-corrected chi connectivity index (χ4v) is 3.30. The lowest BCUT2D eigenvalue weighted by Gasteiger charge is -2.11. The first kappa shape index (κ1) is 14.4. The highest BCUT2D eigenvalue weighted by Crippen LogP contribution is 2.33. The first-order valence-electron chi connectivity index (χ1n) is 6.37. The normalized spacial score (nSPS) is 11.1. The van der Waals surface area contributed by atoms with E-state index in [1.165, 1.54) is 6.07 Å². The van der Waals surface area contributed by atoms with Crippen LogP contribution in [0.5, 0.6) is 0 Å². The van der Waals surface area contributed by atoms with Gasteiger partial charge in [-0.3, -0.25) is 0 Å². The van der Waals surface area contributed by atoms with Gasteiger partial charge in [-0.15, -0.1) is 0 Å². The number of nitrogens with zero attached hydrogens (tertiary/aromatic N) is 2. The molecule has 0 amide bonds. The summed E-state index contributed by atoms with van der Waals surface area (Å²) in [6.07, 6.45) is 0. The van der Waals surface area contributed by atoms with Crippen molar-refractivity contribution in [2.45, 2.75) is 13.8 Å². The summed E-state index contributed by atoms with van der Waals surface area (Å²) in [4.78, 5) is 8.74. The monoisotopic (exact) mass is 364 g/mol. The van der Waals surface area contributed by atoms with Gasteiger partial charge >= 0.3 is 0 Å². The Hall–Kier alpha value is -1.52. The van der Waals surface area contributed by atoms with Gasteiger partial charge < -0.3 is 0 Å². The second-order valence-electron chi connectivity index (χ2n) is 4.86. The van der Waals surface area contributed by atoms with Gasteiger partial charge in [-0.25, -0.2) is 14.4 Å². The van der Waals surface area contributed by atoms with Crippen molar-refractivity contribution in [3.63, 3.8) is 0 Å². The van der Waals surface area contributed by atoms with Crippen molar-refractivity contribution in [1.29, 1.82) is 0 Å². The number of fused-ring (bicyclic) bond motifs is 1. The van der Waals surface area contributed by atoms with E-state index in [-0.39, 0.29) is 10.7 Å².